The Morgan fingerprint density at radius 2 is 1.95 bits per heavy atom. The van der Waals surface area contributed by atoms with Crippen molar-refractivity contribution in [3.63, 3.8) is 0 Å². The molecule has 3 heteroatoms. The van der Waals surface area contributed by atoms with Gasteiger partial charge in [0.1, 0.15) is 5.75 Å². The van der Waals surface area contributed by atoms with E-state index in [4.69, 9.17) is 4.74 Å². The van der Waals surface area contributed by atoms with Crippen LogP contribution in [0.5, 0.6) is 5.75 Å². The van der Waals surface area contributed by atoms with Gasteiger partial charge in [-0.1, -0.05) is 6.42 Å². The summed E-state index contributed by atoms with van der Waals surface area (Å²) in [4.78, 5) is 4.69. The lowest BCUT2D eigenvalue weighted by Gasteiger charge is -2.44. The van der Waals surface area contributed by atoms with Crippen molar-refractivity contribution in [2.75, 3.05) is 13.7 Å². The quantitative estimate of drug-likeness (QED) is 0.895. The van der Waals surface area contributed by atoms with Crippen LogP contribution in [0.2, 0.25) is 0 Å². The van der Waals surface area contributed by atoms with E-state index in [1.807, 2.05) is 6.20 Å². The molecule has 0 amide bonds. The van der Waals surface area contributed by atoms with Crippen LogP contribution in [-0.4, -0.2) is 24.2 Å². The van der Waals surface area contributed by atoms with E-state index in [9.17, 15) is 0 Å². The number of aryl methyl sites for hydroxylation is 1. The van der Waals surface area contributed by atoms with Crippen LogP contribution in [0.3, 0.4) is 0 Å². The zero-order valence-electron chi connectivity index (χ0n) is 14.5. The van der Waals surface area contributed by atoms with Gasteiger partial charge in [-0.05, 0) is 59.3 Å². The highest BCUT2D eigenvalue weighted by Crippen LogP contribution is 2.44. The van der Waals surface area contributed by atoms with Gasteiger partial charge in [0.25, 0.3) is 0 Å². The minimum absolute atomic E-state index is 0.177. The topological polar surface area (TPSA) is 34.1 Å². The highest BCUT2D eigenvalue weighted by molar-refractivity contribution is 5.41. The lowest BCUT2D eigenvalue weighted by atomic mass is 9.65. The Labute approximate surface area is 129 Å². The normalized spacial score (nSPS) is 17.4. The molecular formula is C18H30N2O. The second-order valence-corrected chi connectivity index (χ2v) is 7.68. The van der Waals surface area contributed by atoms with E-state index in [1.54, 1.807) is 7.11 Å². The van der Waals surface area contributed by atoms with Gasteiger partial charge in [0, 0.05) is 35.1 Å². The molecule has 1 fully saturated rings. The number of rotatable bonds is 5. The maximum absolute atomic E-state index is 5.54. The summed E-state index contributed by atoms with van der Waals surface area (Å²) in [7, 11) is 1.75. The predicted molar refractivity (Wildman–Crippen MR) is 88.0 cm³/mol. The van der Waals surface area contributed by atoms with Crippen LogP contribution in [0.4, 0.5) is 0 Å². The molecule has 21 heavy (non-hydrogen) atoms. The molecule has 0 aromatic carbocycles. The van der Waals surface area contributed by atoms with E-state index in [-0.39, 0.29) is 5.54 Å². The van der Waals surface area contributed by atoms with Gasteiger partial charge in [-0.25, -0.2) is 0 Å². The van der Waals surface area contributed by atoms with Crippen LogP contribution < -0.4 is 10.1 Å². The van der Waals surface area contributed by atoms with Crippen molar-refractivity contribution in [1.29, 1.82) is 0 Å². The van der Waals surface area contributed by atoms with Crippen LogP contribution in [0.15, 0.2) is 6.20 Å². The number of aromatic nitrogens is 1. The first-order valence-corrected chi connectivity index (χ1v) is 8.00. The zero-order valence-corrected chi connectivity index (χ0v) is 14.5. The Hall–Kier alpha value is -1.09. The summed E-state index contributed by atoms with van der Waals surface area (Å²) in [6.07, 6.45) is 6.94. The molecule has 1 aromatic rings. The Bertz CT molecular complexity index is 499. The molecule has 1 aliphatic carbocycles. The van der Waals surface area contributed by atoms with Gasteiger partial charge in [0.2, 0.25) is 0 Å². The number of nitrogens with zero attached hydrogens (tertiary/aromatic N) is 1. The zero-order chi connectivity index (χ0) is 15.7. The molecule has 0 atom stereocenters. The molecule has 0 radical (unpaired) electrons. The number of hydrogen-bond donors (Lipinski definition) is 1. The van der Waals surface area contributed by atoms with Crippen molar-refractivity contribution in [3.05, 3.63) is 23.0 Å². The second kappa shape index (κ2) is 5.96. The SMILES string of the molecule is COc1c(C)cnc(CC2(CNC(C)(C)C)CCC2)c1C. The van der Waals surface area contributed by atoms with Crippen LogP contribution >= 0.6 is 0 Å². The maximum atomic E-state index is 5.54. The van der Waals surface area contributed by atoms with E-state index in [1.165, 1.54) is 30.5 Å². The van der Waals surface area contributed by atoms with E-state index in [0.29, 0.717) is 5.41 Å². The smallest absolute Gasteiger partial charge is 0.128 e. The fraction of sp³-hybridized carbons (Fsp3) is 0.722. The Morgan fingerprint density at radius 1 is 1.29 bits per heavy atom. The Balaban J connectivity index is 2.16. The summed E-state index contributed by atoms with van der Waals surface area (Å²) in [5.41, 5.74) is 4.09. The van der Waals surface area contributed by atoms with Crippen molar-refractivity contribution >= 4 is 0 Å². The molecule has 1 aliphatic rings. The molecule has 0 spiro atoms. The molecule has 3 nitrogen and oxygen atoms in total. The minimum atomic E-state index is 0.177. The Kier molecular flexibility index (Phi) is 4.62. The average Bonchev–Trinajstić information content (AvgIpc) is 2.34. The van der Waals surface area contributed by atoms with Gasteiger partial charge in [0.05, 0.1) is 7.11 Å². The third-order valence-electron chi connectivity index (χ3n) is 4.70. The summed E-state index contributed by atoms with van der Waals surface area (Å²) >= 11 is 0. The highest BCUT2D eigenvalue weighted by Gasteiger charge is 2.38. The lowest BCUT2D eigenvalue weighted by Crippen LogP contribution is -2.48. The molecule has 1 heterocycles. The molecule has 118 valence electrons. The lowest BCUT2D eigenvalue weighted by molar-refractivity contribution is 0.116. The van der Waals surface area contributed by atoms with Gasteiger partial charge in [-0.2, -0.15) is 0 Å². The van der Waals surface area contributed by atoms with E-state index in [0.717, 1.165) is 24.3 Å². The number of hydrogen-bond acceptors (Lipinski definition) is 3. The average molecular weight is 290 g/mol. The fourth-order valence-electron chi connectivity index (χ4n) is 3.15. The van der Waals surface area contributed by atoms with Crippen molar-refractivity contribution in [1.82, 2.24) is 10.3 Å². The summed E-state index contributed by atoms with van der Waals surface area (Å²) in [5.74, 6) is 0.998. The monoisotopic (exact) mass is 290 g/mol. The first kappa shape index (κ1) is 16.3. The number of methoxy groups -OCH3 is 1. The van der Waals surface area contributed by atoms with Crippen molar-refractivity contribution in [3.8, 4) is 5.75 Å². The van der Waals surface area contributed by atoms with E-state index in [2.05, 4.69) is 44.9 Å². The van der Waals surface area contributed by atoms with Crippen LogP contribution in [0, 0.1) is 19.3 Å². The summed E-state index contributed by atoms with van der Waals surface area (Å²) in [6, 6.07) is 0. The third-order valence-corrected chi connectivity index (χ3v) is 4.70. The van der Waals surface area contributed by atoms with Crippen LogP contribution in [0.25, 0.3) is 0 Å². The molecule has 2 rings (SSSR count). The van der Waals surface area contributed by atoms with Gasteiger partial charge >= 0.3 is 0 Å². The summed E-state index contributed by atoms with van der Waals surface area (Å²) in [5, 5.41) is 3.69. The standard InChI is InChI=1S/C18H30N2O/c1-13-11-19-15(14(2)16(13)21-6)10-18(8-7-9-18)12-20-17(3,4)5/h11,20H,7-10,12H2,1-6H3. The maximum Gasteiger partial charge on any atom is 0.128 e. The number of pyridine rings is 1. The van der Waals surface area contributed by atoms with Gasteiger partial charge in [0.15, 0.2) is 0 Å². The third kappa shape index (κ3) is 3.76. The molecule has 1 N–H and O–H groups in total. The molecule has 1 aromatic heterocycles. The first-order valence-electron chi connectivity index (χ1n) is 8.00. The molecule has 0 bridgehead atoms. The fourth-order valence-corrected chi connectivity index (χ4v) is 3.15. The van der Waals surface area contributed by atoms with Crippen LogP contribution in [0.1, 0.15) is 56.9 Å². The predicted octanol–water partition coefficient (Wildman–Crippen LogP) is 3.81. The highest BCUT2D eigenvalue weighted by atomic mass is 16.5. The minimum Gasteiger partial charge on any atom is -0.496 e. The van der Waals surface area contributed by atoms with Gasteiger partial charge in [-0.3, -0.25) is 4.98 Å². The Morgan fingerprint density at radius 3 is 2.43 bits per heavy atom. The first-order chi connectivity index (χ1) is 9.76. The van der Waals surface area contributed by atoms with Crippen molar-refractivity contribution in [2.45, 2.75) is 65.8 Å². The van der Waals surface area contributed by atoms with Gasteiger partial charge < -0.3 is 10.1 Å². The molecule has 0 saturated heterocycles. The van der Waals surface area contributed by atoms with E-state index >= 15 is 0 Å². The summed E-state index contributed by atoms with van der Waals surface area (Å²) in [6.45, 7) is 12.0. The van der Waals surface area contributed by atoms with Crippen LogP contribution in [-0.2, 0) is 6.42 Å². The molecule has 1 saturated carbocycles. The van der Waals surface area contributed by atoms with Crippen molar-refractivity contribution < 1.29 is 4.74 Å². The number of ether oxygens (including phenoxy) is 1. The molecule has 0 unspecified atom stereocenters. The van der Waals surface area contributed by atoms with Gasteiger partial charge in [-0.15, -0.1) is 0 Å². The number of nitrogens with one attached hydrogen (secondary N) is 1. The largest absolute Gasteiger partial charge is 0.496 e. The summed E-state index contributed by atoms with van der Waals surface area (Å²) < 4.78 is 5.54. The molecule has 0 aliphatic heterocycles. The van der Waals surface area contributed by atoms with Crippen molar-refractivity contribution in [2.24, 2.45) is 5.41 Å². The molecular weight excluding hydrogens is 260 g/mol. The van der Waals surface area contributed by atoms with E-state index < -0.39 is 0 Å². The second-order valence-electron chi connectivity index (χ2n) is 7.68.